The highest BCUT2D eigenvalue weighted by Crippen LogP contribution is 2.17. The number of aromatic carboxylic acids is 1. The van der Waals surface area contributed by atoms with Gasteiger partial charge in [-0.1, -0.05) is 0 Å². The first-order valence-electron chi connectivity index (χ1n) is 5.04. The van der Waals surface area contributed by atoms with E-state index in [-0.39, 0.29) is 24.1 Å². The summed E-state index contributed by atoms with van der Waals surface area (Å²) in [4.78, 5) is 20.7. The third kappa shape index (κ3) is 3.04. The number of aromatic nitrogens is 2. The van der Waals surface area contributed by atoms with Gasteiger partial charge in [0.2, 0.25) is 5.95 Å². The number of carbonyl (C=O) groups is 1. The fourth-order valence-corrected chi connectivity index (χ4v) is 1.70. The van der Waals surface area contributed by atoms with Crippen molar-refractivity contribution in [2.45, 2.75) is 12.5 Å². The number of hydrogen-bond acceptors (Lipinski definition) is 5. The van der Waals surface area contributed by atoms with E-state index >= 15 is 0 Å². The summed E-state index contributed by atoms with van der Waals surface area (Å²) in [6, 6.07) is 0. The average molecular weight is 260 g/mol. The maximum absolute atomic E-state index is 10.6. The van der Waals surface area contributed by atoms with Crippen molar-refractivity contribution in [2.24, 2.45) is 0 Å². The van der Waals surface area contributed by atoms with Gasteiger partial charge >= 0.3 is 5.97 Å². The average Bonchev–Trinajstić information content (AvgIpc) is 2.77. The molecule has 0 aliphatic carbocycles. The molecule has 2 rings (SSSR count). The van der Waals surface area contributed by atoms with E-state index < -0.39 is 5.97 Å². The van der Waals surface area contributed by atoms with Crippen LogP contribution in [0.1, 0.15) is 16.8 Å². The van der Waals surface area contributed by atoms with E-state index in [0.29, 0.717) is 5.95 Å². The Balaban J connectivity index is 0.00000144. The normalized spacial score (nSPS) is 18.9. The van der Waals surface area contributed by atoms with Gasteiger partial charge < -0.3 is 14.7 Å². The predicted octanol–water partition coefficient (Wildman–Crippen LogP) is 0.822. The fourth-order valence-electron chi connectivity index (χ4n) is 1.70. The summed E-state index contributed by atoms with van der Waals surface area (Å²) >= 11 is 0. The highest BCUT2D eigenvalue weighted by atomic mass is 35.5. The molecule has 1 aromatic heterocycles. The van der Waals surface area contributed by atoms with E-state index in [0.717, 1.165) is 19.5 Å². The summed E-state index contributed by atoms with van der Waals surface area (Å²) in [5.74, 6) is -0.452. The number of anilines is 1. The minimum Gasteiger partial charge on any atom is -0.478 e. The lowest BCUT2D eigenvalue weighted by Crippen LogP contribution is -2.24. The first-order valence-corrected chi connectivity index (χ1v) is 5.04. The lowest BCUT2D eigenvalue weighted by molar-refractivity contribution is 0.0696. The van der Waals surface area contributed by atoms with E-state index in [1.165, 1.54) is 12.4 Å². The Morgan fingerprint density at radius 1 is 1.53 bits per heavy atom. The molecular weight excluding hydrogens is 246 g/mol. The predicted molar refractivity (Wildman–Crippen MR) is 63.9 cm³/mol. The van der Waals surface area contributed by atoms with E-state index in [1.807, 2.05) is 4.90 Å². The highest BCUT2D eigenvalue weighted by Gasteiger charge is 2.23. The van der Waals surface area contributed by atoms with Crippen molar-refractivity contribution in [1.29, 1.82) is 0 Å². The molecule has 1 atom stereocenters. The van der Waals surface area contributed by atoms with Gasteiger partial charge in [-0.2, -0.15) is 0 Å². The summed E-state index contributed by atoms with van der Waals surface area (Å²) < 4.78 is 5.23. The molecule has 0 bridgehead atoms. The highest BCUT2D eigenvalue weighted by molar-refractivity contribution is 5.86. The zero-order valence-corrected chi connectivity index (χ0v) is 10.2. The number of ether oxygens (including phenoxy) is 1. The Bertz CT molecular complexity index is 385. The Labute approximate surface area is 105 Å². The number of rotatable bonds is 3. The molecule has 1 aromatic rings. The van der Waals surface area contributed by atoms with Crippen LogP contribution in [-0.4, -0.2) is 47.3 Å². The van der Waals surface area contributed by atoms with Crippen LogP contribution in [0.2, 0.25) is 0 Å². The van der Waals surface area contributed by atoms with Crippen LogP contribution in [0.25, 0.3) is 0 Å². The molecule has 1 aliphatic rings. The van der Waals surface area contributed by atoms with E-state index in [4.69, 9.17) is 9.84 Å². The largest absolute Gasteiger partial charge is 0.478 e. The summed E-state index contributed by atoms with van der Waals surface area (Å²) in [7, 11) is 1.68. The SMILES string of the molecule is CO[C@@H]1CCN(c2ncc(C(=O)O)cn2)C1.Cl. The van der Waals surface area contributed by atoms with Gasteiger partial charge in [0.25, 0.3) is 0 Å². The Kier molecular flexibility index (Phi) is 4.65. The van der Waals surface area contributed by atoms with Crippen LogP contribution in [0, 0.1) is 0 Å². The lowest BCUT2D eigenvalue weighted by atomic mass is 10.3. The van der Waals surface area contributed by atoms with Gasteiger partial charge in [0, 0.05) is 32.6 Å². The third-order valence-corrected chi connectivity index (χ3v) is 2.65. The molecule has 0 amide bonds. The fraction of sp³-hybridized carbons (Fsp3) is 0.500. The lowest BCUT2D eigenvalue weighted by Gasteiger charge is -2.15. The number of carboxylic acids is 1. The van der Waals surface area contributed by atoms with Crippen molar-refractivity contribution in [3.8, 4) is 0 Å². The number of carboxylic acid groups (broad SMARTS) is 1. The number of methoxy groups -OCH3 is 1. The van der Waals surface area contributed by atoms with Crippen molar-refractivity contribution < 1.29 is 14.6 Å². The van der Waals surface area contributed by atoms with Gasteiger partial charge in [-0.25, -0.2) is 14.8 Å². The molecule has 0 radical (unpaired) electrons. The van der Waals surface area contributed by atoms with Gasteiger partial charge in [0.1, 0.15) is 0 Å². The summed E-state index contributed by atoms with van der Waals surface area (Å²) in [5, 5.41) is 8.71. The molecule has 1 fully saturated rings. The topological polar surface area (TPSA) is 75.5 Å². The van der Waals surface area contributed by atoms with Crippen molar-refractivity contribution >= 4 is 24.3 Å². The number of nitrogens with zero attached hydrogens (tertiary/aromatic N) is 3. The molecule has 17 heavy (non-hydrogen) atoms. The molecule has 7 heteroatoms. The van der Waals surface area contributed by atoms with Crippen LogP contribution in [0.3, 0.4) is 0 Å². The van der Waals surface area contributed by atoms with Crippen LogP contribution >= 0.6 is 12.4 Å². The first-order chi connectivity index (χ1) is 7.70. The Morgan fingerprint density at radius 2 is 2.18 bits per heavy atom. The quantitative estimate of drug-likeness (QED) is 0.866. The van der Waals surface area contributed by atoms with Crippen molar-refractivity contribution in [3.63, 3.8) is 0 Å². The molecule has 0 unspecified atom stereocenters. The summed E-state index contributed by atoms with van der Waals surface area (Å²) in [6.45, 7) is 1.59. The molecule has 1 N–H and O–H groups in total. The van der Waals surface area contributed by atoms with Crippen LogP contribution in [0.4, 0.5) is 5.95 Å². The molecule has 1 aliphatic heterocycles. The Morgan fingerprint density at radius 3 is 2.65 bits per heavy atom. The zero-order valence-electron chi connectivity index (χ0n) is 9.37. The standard InChI is InChI=1S/C10H13N3O3.ClH/c1-16-8-2-3-13(6-8)10-11-4-7(5-12-10)9(14)15;/h4-5,8H,2-3,6H2,1H3,(H,14,15);1H/t8-;/m1./s1. The van der Waals surface area contributed by atoms with Gasteiger partial charge in [-0.3, -0.25) is 0 Å². The second kappa shape index (κ2) is 5.79. The smallest absolute Gasteiger partial charge is 0.338 e. The van der Waals surface area contributed by atoms with Gasteiger partial charge in [-0.15, -0.1) is 12.4 Å². The molecule has 2 heterocycles. The van der Waals surface area contributed by atoms with E-state index in [2.05, 4.69) is 9.97 Å². The zero-order chi connectivity index (χ0) is 11.5. The first kappa shape index (κ1) is 13.7. The van der Waals surface area contributed by atoms with E-state index in [1.54, 1.807) is 7.11 Å². The second-order valence-electron chi connectivity index (χ2n) is 3.67. The molecule has 6 nitrogen and oxygen atoms in total. The van der Waals surface area contributed by atoms with Crippen LogP contribution in [0.5, 0.6) is 0 Å². The maximum Gasteiger partial charge on any atom is 0.338 e. The molecule has 94 valence electrons. The molecule has 0 spiro atoms. The van der Waals surface area contributed by atoms with Crippen molar-refractivity contribution in [1.82, 2.24) is 9.97 Å². The van der Waals surface area contributed by atoms with Crippen LogP contribution in [-0.2, 0) is 4.74 Å². The molecule has 1 saturated heterocycles. The molecular formula is C10H14ClN3O3. The number of halogens is 1. The minimum absolute atomic E-state index is 0. The summed E-state index contributed by atoms with van der Waals surface area (Å²) in [6.07, 6.45) is 3.80. The van der Waals surface area contributed by atoms with Crippen LogP contribution in [0.15, 0.2) is 12.4 Å². The van der Waals surface area contributed by atoms with Crippen molar-refractivity contribution in [2.75, 3.05) is 25.1 Å². The third-order valence-electron chi connectivity index (χ3n) is 2.65. The molecule has 0 aromatic carbocycles. The van der Waals surface area contributed by atoms with Gasteiger partial charge in [0.05, 0.1) is 11.7 Å². The van der Waals surface area contributed by atoms with Gasteiger partial charge in [0.15, 0.2) is 0 Å². The summed E-state index contributed by atoms with van der Waals surface area (Å²) in [5.41, 5.74) is 0.103. The van der Waals surface area contributed by atoms with Crippen LogP contribution < -0.4 is 4.90 Å². The molecule has 0 saturated carbocycles. The van der Waals surface area contributed by atoms with E-state index in [9.17, 15) is 4.79 Å². The monoisotopic (exact) mass is 259 g/mol. The second-order valence-corrected chi connectivity index (χ2v) is 3.67. The Hall–Kier alpha value is -1.40. The minimum atomic E-state index is -1.01. The van der Waals surface area contributed by atoms with Crippen molar-refractivity contribution in [3.05, 3.63) is 18.0 Å². The van der Waals surface area contributed by atoms with Gasteiger partial charge in [-0.05, 0) is 6.42 Å². The number of hydrogen-bond donors (Lipinski definition) is 1. The maximum atomic E-state index is 10.6.